The average molecular weight is 223 g/mol. The number of nitrogens with one attached hydrogen (secondary N) is 1. The van der Waals surface area contributed by atoms with Crippen LogP contribution in [-0.4, -0.2) is 12.6 Å². The van der Waals surface area contributed by atoms with Gasteiger partial charge >= 0.3 is 6.09 Å². The standard InChI is InChI=1S/C13H21NO2/c1-4-5-6-7-8-9-10-11-14-13(15)16-12(2)3/h5-6,9-10H,2,4,7-8,11H2,1,3H3,(H,14,15). The maximum atomic E-state index is 11.0. The van der Waals surface area contributed by atoms with E-state index >= 15 is 0 Å². The fourth-order valence-electron chi connectivity index (χ4n) is 1.01. The smallest absolute Gasteiger partial charge is 0.412 e. The van der Waals surface area contributed by atoms with Gasteiger partial charge < -0.3 is 10.1 Å². The highest BCUT2D eigenvalue weighted by Gasteiger charge is 1.97. The van der Waals surface area contributed by atoms with Gasteiger partial charge in [-0.2, -0.15) is 0 Å². The molecule has 0 aliphatic rings. The van der Waals surface area contributed by atoms with E-state index in [2.05, 4.69) is 31.0 Å². The summed E-state index contributed by atoms with van der Waals surface area (Å²) < 4.78 is 4.72. The summed E-state index contributed by atoms with van der Waals surface area (Å²) in [5.41, 5.74) is 0. The van der Waals surface area contributed by atoms with E-state index in [0.29, 0.717) is 12.3 Å². The van der Waals surface area contributed by atoms with Crippen LogP contribution in [0.3, 0.4) is 0 Å². The molecule has 1 amide bonds. The number of rotatable bonds is 7. The Labute approximate surface area is 97.9 Å². The number of carbonyl (C=O) groups excluding carboxylic acids is 1. The minimum atomic E-state index is -0.456. The van der Waals surface area contributed by atoms with Crippen LogP contribution >= 0.6 is 0 Å². The Morgan fingerprint density at radius 2 is 1.88 bits per heavy atom. The topological polar surface area (TPSA) is 38.3 Å². The molecule has 0 bridgehead atoms. The predicted molar refractivity (Wildman–Crippen MR) is 67.1 cm³/mol. The van der Waals surface area contributed by atoms with Crippen molar-refractivity contribution < 1.29 is 9.53 Å². The molecule has 0 fully saturated rings. The Bertz CT molecular complexity index is 267. The summed E-state index contributed by atoms with van der Waals surface area (Å²) >= 11 is 0. The predicted octanol–water partition coefficient (Wildman–Crippen LogP) is 3.55. The van der Waals surface area contributed by atoms with Crippen molar-refractivity contribution in [2.45, 2.75) is 33.1 Å². The molecular formula is C13H21NO2. The second-order valence-electron chi connectivity index (χ2n) is 3.40. The third-order valence-electron chi connectivity index (χ3n) is 1.70. The summed E-state index contributed by atoms with van der Waals surface area (Å²) in [6.07, 6.45) is 10.9. The molecule has 0 atom stereocenters. The van der Waals surface area contributed by atoms with Crippen molar-refractivity contribution in [1.29, 1.82) is 0 Å². The van der Waals surface area contributed by atoms with Crippen LogP contribution in [0, 0.1) is 0 Å². The van der Waals surface area contributed by atoms with E-state index < -0.39 is 6.09 Å². The molecule has 0 heterocycles. The number of alkyl carbamates (subject to hydrolysis) is 1. The lowest BCUT2D eigenvalue weighted by molar-refractivity contribution is 0.178. The fraction of sp³-hybridized carbons (Fsp3) is 0.462. The van der Waals surface area contributed by atoms with Crippen LogP contribution in [0.2, 0.25) is 0 Å². The van der Waals surface area contributed by atoms with Crippen molar-refractivity contribution >= 4 is 6.09 Å². The third kappa shape index (κ3) is 10.6. The SMILES string of the molecule is C=C(C)OC(=O)NCC=CCCC=CCC. The van der Waals surface area contributed by atoms with Crippen LogP contribution in [-0.2, 0) is 4.74 Å². The molecule has 0 spiro atoms. The summed E-state index contributed by atoms with van der Waals surface area (Å²) in [7, 11) is 0. The van der Waals surface area contributed by atoms with E-state index in [1.807, 2.05) is 12.2 Å². The van der Waals surface area contributed by atoms with Crippen molar-refractivity contribution in [3.05, 3.63) is 36.6 Å². The first-order valence-corrected chi connectivity index (χ1v) is 5.58. The Kier molecular flexibility index (Phi) is 9.08. The van der Waals surface area contributed by atoms with Gasteiger partial charge in [-0.05, 0) is 26.2 Å². The van der Waals surface area contributed by atoms with E-state index in [0.717, 1.165) is 19.3 Å². The van der Waals surface area contributed by atoms with Crippen molar-refractivity contribution in [1.82, 2.24) is 5.32 Å². The Balaban J connectivity index is 3.43. The minimum absolute atomic E-state index is 0.395. The van der Waals surface area contributed by atoms with Crippen LogP contribution < -0.4 is 5.32 Å². The molecule has 90 valence electrons. The molecule has 0 aromatic carbocycles. The number of hydrogen-bond acceptors (Lipinski definition) is 2. The molecule has 3 heteroatoms. The summed E-state index contributed by atoms with van der Waals surface area (Å²) in [6, 6.07) is 0. The van der Waals surface area contributed by atoms with Crippen LogP contribution in [0.5, 0.6) is 0 Å². The minimum Gasteiger partial charge on any atom is -0.416 e. The lowest BCUT2D eigenvalue weighted by Gasteiger charge is -2.02. The highest BCUT2D eigenvalue weighted by Crippen LogP contribution is 1.94. The quantitative estimate of drug-likeness (QED) is 0.407. The zero-order valence-electron chi connectivity index (χ0n) is 10.2. The van der Waals surface area contributed by atoms with Crippen LogP contribution in [0.25, 0.3) is 0 Å². The summed E-state index contributed by atoms with van der Waals surface area (Å²) in [5.74, 6) is 0.395. The van der Waals surface area contributed by atoms with Gasteiger partial charge in [0, 0.05) is 6.54 Å². The highest BCUT2D eigenvalue weighted by molar-refractivity contribution is 5.68. The number of amides is 1. The maximum Gasteiger partial charge on any atom is 0.412 e. The van der Waals surface area contributed by atoms with Crippen molar-refractivity contribution in [2.24, 2.45) is 0 Å². The number of carbonyl (C=O) groups is 1. The second-order valence-corrected chi connectivity index (χ2v) is 3.40. The van der Waals surface area contributed by atoms with E-state index in [-0.39, 0.29) is 0 Å². The van der Waals surface area contributed by atoms with Gasteiger partial charge in [0.25, 0.3) is 0 Å². The first-order valence-electron chi connectivity index (χ1n) is 5.58. The maximum absolute atomic E-state index is 11.0. The lowest BCUT2D eigenvalue weighted by atomic mass is 10.2. The average Bonchev–Trinajstić information content (AvgIpc) is 2.21. The summed E-state index contributed by atoms with van der Waals surface area (Å²) in [4.78, 5) is 11.0. The number of ether oxygens (including phenoxy) is 1. The monoisotopic (exact) mass is 223 g/mol. The largest absolute Gasteiger partial charge is 0.416 e. The van der Waals surface area contributed by atoms with Crippen molar-refractivity contribution in [2.75, 3.05) is 6.54 Å². The van der Waals surface area contributed by atoms with Gasteiger partial charge in [-0.3, -0.25) is 0 Å². The van der Waals surface area contributed by atoms with Gasteiger partial charge in [-0.15, -0.1) is 0 Å². The van der Waals surface area contributed by atoms with Gasteiger partial charge in [0.1, 0.15) is 0 Å². The molecule has 0 aliphatic carbocycles. The highest BCUT2D eigenvalue weighted by atomic mass is 16.6. The lowest BCUT2D eigenvalue weighted by Crippen LogP contribution is -2.23. The van der Waals surface area contributed by atoms with E-state index in [1.54, 1.807) is 6.92 Å². The number of unbranched alkanes of at least 4 members (excludes halogenated alkanes) is 1. The zero-order chi connectivity index (χ0) is 12.2. The molecule has 0 radical (unpaired) electrons. The first kappa shape index (κ1) is 14.5. The van der Waals surface area contributed by atoms with Crippen LogP contribution in [0.1, 0.15) is 33.1 Å². The zero-order valence-corrected chi connectivity index (χ0v) is 10.2. The normalized spacial score (nSPS) is 10.9. The molecule has 0 aromatic rings. The van der Waals surface area contributed by atoms with Crippen molar-refractivity contribution in [3.8, 4) is 0 Å². The van der Waals surface area contributed by atoms with Gasteiger partial charge in [0.15, 0.2) is 0 Å². The summed E-state index contributed by atoms with van der Waals surface area (Å²) in [5, 5.41) is 2.59. The molecule has 0 unspecified atom stereocenters. The second kappa shape index (κ2) is 10.0. The van der Waals surface area contributed by atoms with E-state index in [1.165, 1.54) is 0 Å². The molecule has 0 aromatic heterocycles. The number of allylic oxidation sites excluding steroid dienone is 4. The summed E-state index contributed by atoms with van der Waals surface area (Å²) in [6.45, 7) is 7.71. The van der Waals surface area contributed by atoms with Gasteiger partial charge in [0.2, 0.25) is 0 Å². The molecule has 1 N–H and O–H groups in total. The molecule has 3 nitrogen and oxygen atoms in total. The number of hydrogen-bond donors (Lipinski definition) is 1. The first-order chi connectivity index (χ1) is 7.66. The van der Waals surface area contributed by atoms with Gasteiger partial charge in [0.05, 0.1) is 5.76 Å². The third-order valence-corrected chi connectivity index (χ3v) is 1.70. The van der Waals surface area contributed by atoms with Gasteiger partial charge in [-0.25, -0.2) is 4.79 Å². The Morgan fingerprint density at radius 1 is 1.25 bits per heavy atom. The Morgan fingerprint density at radius 3 is 2.44 bits per heavy atom. The van der Waals surface area contributed by atoms with Crippen LogP contribution in [0.4, 0.5) is 4.79 Å². The van der Waals surface area contributed by atoms with E-state index in [4.69, 9.17) is 4.74 Å². The molecule has 0 aliphatic heterocycles. The van der Waals surface area contributed by atoms with Crippen LogP contribution in [0.15, 0.2) is 36.6 Å². The fourth-order valence-corrected chi connectivity index (χ4v) is 1.01. The molecule has 0 rings (SSSR count). The Hall–Kier alpha value is -1.51. The van der Waals surface area contributed by atoms with Crippen molar-refractivity contribution in [3.63, 3.8) is 0 Å². The molecular weight excluding hydrogens is 202 g/mol. The molecule has 16 heavy (non-hydrogen) atoms. The van der Waals surface area contributed by atoms with Gasteiger partial charge in [-0.1, -0.05) is 37.8 Å². The molecule has 0 saturated carbocycles. The van der Waals surface area contributed by atoms with E-state index in [9.17, 15) is 4.79 Å². The molecule has 0 saturated heterocycles.